The van der Waals surface area contributed by atoms with Gasteiger partial charge in [-0.3, -0.25) is 9.00 Å². The van der Waals surface area contributed by atoms with Crippen LogP contribution < -0.4 is 0 Å². The van der Waals surface area contributed by atoms with Crippen molar-refractivity contribution in [2.24, 2.45) is 0 Å². The van der Waals surface area contributed by atoms with Crippen molar-refractivity contribution >= 4 is 16.6 Å². The Labute approximate surface area is 100 Å². The first-order valence-electron chi connectivity index (χ1n) is 5.48. The topological polar surface area (TPSA) is 34.1 Å². The number of hydrogen-bond donors (Lipinski definition) is 0. The summed E-state index contributed by atoms with van der Waals surface area (Å²) in [6.07, 6.45) is 2.67. The van der Waals surface area contributed by atoms with Crippen molar-refractivity contribution < 1.29 is 17.8 Å². The number of hydrogen-bond acceptors (Lipinski definition) is 2. The van der Waals surface area contributed by atoms with E-state index in [2.05, 4.69) is 0 Å². The Morgan fingerprint density at radius 3 is 2.59 bits per heavy atom. The van der Waals surface area contributed by atoms with Gasteiger partial charge in [0, 0.05) is 11.3 Å². The van der Waals surface area contributed by atoms with Gasteiger partial charge in [-0.15, -0.1) is 0 Å². The third kappa shape index (κ3) is 2.60. The summed E-state index contributed by atoms with van der Waals surface area (Å²) in [4.78, 5) is 11.8. The predicted octanol–water partition coefficient (Wildman–Crippen LogP) is 2.58. The van der Waals surface area contributed by atoms with Crippen molar-refractivity contribution in [2.45, 2.75) is 35.8 Å². The third-order valence-corrected chi connectivity index (χ3v) is 4.61. The fourth-order valence-electron chi connectivity index (χ4n) is 1.94. The van der Waals surface area contributed by atoms with E-state index in [1.807, 2.05) is 0 Å². The lowest BCUT2D eigenvalue weighted by molar-refractivity contribution is -0.119. The van der Waals surface area contributed by atoms with Crippen molar-refractivity contribution in [1.82, 2.24) is 0 Å². The second-order valence-corrected chi connectivity index (χ2v) is 5.71. The molecule has 1 aliphatic carbocycles. The molecular formula is C12H12F2O2S. The van der Waals surface area contributed by atoms with Gasteiger partial charge in [-0.1, -0.05) is 6.42 Å². The number of halogens is 2. The molecule has 0 N–H and O–H groups in total. The van der Waals surface area contributed by atoms with Gasteiger partial charge in [-0.05, 0) is 31.0 Å². The number of rotatable bonds is 2. The summed E-state index contributed by atoms with van der Waals surface area (Å²) in [7, 11) is -1.57. The van der Waals surface area contributed by atoms with E-state index in [1.54, 1.807) is 0 Å². The van der Waals surface area contributed by atoms with Crippen LogP contribution in [0.25, 0.3) is 0 Å². The van der Waals surface area contributed by atoms with Gasteiger partial charge in [-0.25, -0.2) is 8.78 Å². The summed E-state index contributed by atoms with van der Waals surface area (Å²) in [6, 6.07) is 3.12. The van der Waals surface area contributed by atoms with E-state index < -0.39 is 27.7 Å². The number of carbonyl (C=O) groups excluding carboxylic acids is 1. The first kappa shape index (κ1) is 12.4. The standard InChI is InChI=1S/C12H12F2O2S/c13-9-6-5-8(7-10(9)14)17(16)12-4-2-1-3-11(12)15/h5-7,12H,1-4H2. The summed E-state index contributed by atoms with van der Waals surface area (Å²) >= 11 is 0. The average molecular weight is 258 g/mol. The van der Waals surface area contributed by atoms with Crippen LogP contribution in [0.3, 0.4) is 0 Å². The van der Waals surface area contributed by atoms with E-state index in [1.165, 1.54) is 6.07 Å². The smallest absolute Gasteiger partial charge is 0.160 e. The molecule has 1 saturated carbocycles. The molecule has 2 unspecified atom stereocenters. The van der Waals surface area contributed by atoms with Gasteiger partial charge in [-0.2, -0.15) is 0 Å². The molecule has 5 heteroatoms. The van der Waals surface area contributed by atoms with Crippen molar-refractivity contribution in [1.29, 1.82) is 0 Å². The van der Waals surface area contributed by atoms with Crippen molar-refractivity contribution in [3.05, 3.63) is 29.8 Å². The van der Waals surface area contributed by atoms with Gasteiger partial charge in [0.1, 0.15) is 5.78 Å². The third-order valence-electron chi connectivity index (χ3n) is 2.88. The molecule has 2 atom stereocenters. The molecule has 0 aromatic heterocycles. The van der Waals surface area contributed by atoms with Crippen molar-refractivity contribution in [3.8, 4) is 0 Å². The van der Waals surface area contributed by atoms with Gasteiger partial charge in [0.2, 0.25) is 0 Å². The largest absolute Gasteiger partial charge is 0.298 e. The molecule has 0 amide bonds. The number of benzene rings is 1. The van der Waals surface area contributed by atoms with Crippen LogP contribution >= 0.6 is 0 Å². The zero-order chi connectivity index (χ0) is 12.4. The van der Waals surface area contributed by atoms with Crippen LogP contribution in [0.1, 0.15) is 25.7 Å². The van der Waals surface area contributed by atoms with Gasteiger partial charge in [0.25, 0.3) is 0 Å². The number of carbonyl (C=O) groups is 1. The average Bonchev–Trinajstić information content (AvgIpc) is 2.32. The van der Waals surface area contributed by atoms with E-state index in [4.69, 9.17) is 0 Å². The Morgan fingerprint density at radius 1 is 1.18 bits per heavy atom. The first-order valence-corrected chi connectivity index (χ1v) is 6.69. The quantitative estimate of drug-likeness (QED) is 0.817. The molecule has 0 aliphatic heterocycles. The zero-order valence-corrected chi connectivity index (χ0v) is 9.93. The molecule has 0 radical (unpaired) electrons. The predicted molar refractivity (Wildman–Crippen MR) is 60.0 cm³/mol. The lowest BCUT2D eigenvalue weighted by Crippen LogP contribution is -2.29. The summed E-state index contributed by atoms with van der Waals surface area (Å²) < 4.78 is 37.8. The Morgan fingerprint density at radius 2 is 1.94 bits per heavy atom. The summed E-state index contributed by atoms with van der Waals surface area (Å²) in [6.45, 7) is 0. The molecule has 0 heterocycles. The van der Waals surface area contributed by atoms with Crippen LogP contribution in [0.4, 0.5) is 8.78 Å². The molecule has 1 aromatic carbocycles. The first-order chi connectivity index (χ1) is 8.09. The van der Waals surface area contributed by atoms with Gasteiger partial charge in [0.15, 0.2) is 11.6 Å². The molecule has 0 spiro atoms. The molecule has 2 rings (SSSR count). The SMILES string of the molecule is O=C1CCCCC1S(=O)c1ccc(F)c(F)c1. The monoisotopic (exact) mass is 258 g/mol. The fourth-order valence-corrected chi connectivity index (χ4v) is 3.43. The second-order valence-electron chi connectivity index (χ2n) is 4.07. The highest BCUT2D eigenvalue weighted by Crippen LogP contribution is 2.24. The molecule has 92 valence electrons. The molecule has 2 nitrogen and oxygen atoms in total. The zero-order valence-electron chi connectivity index (χ0n) is 9.12. The Bertz CT molecular complexity index is 474. The normalized spacial score (nSPS) is 22.5. The van der Waals surface area contributed by atoms with Crippen molar-refractivity contribution in [3.63, 3.8) is 0 Å². The van der Waals surface area contributed by atoms with Gasteiger partial charge in [0.05, 0.1) is 16.0 Å². The lowest BCUT2D eigenvalue weighted by Gasteiger charge is -2.19. The minimum atomic E-state index is -1.57. The highest BCUT2D eigenvalue weighted by Gasteiger charge is 2.28. The summed E-state index contributed by atoms with van der Waals surface area (Å²) in [5.41, 5.74) is 0. The summed E-state index contributed by atoms with van der Waals surface area (Å²) in [5.74, 6) is -2.04. The Balaban J connectivity index is 2.24. The van der Waals surface area contributed by atoms with E-state index >= 15 is 0 Å². The van der Waals surface area contributed by atoms with Crippen LogP contribution in [0.15, 0.2) is 23.1 Å². The fraction of sp³-hybridized carbons (Fsp3) is 0.417. The molecule has 1 fully saturated rings. The molecule has 1 aliphatic rings. The maximum atomic E-state index is 13.0. The van der Waals surface area contributed by atoms with Crippen molar-refractivity contribution in [2.75, 3.05) is 0 Å². The van der Waals surface area contributed by atoms with Gasteiger partial charge < -0.3 is 0 Å². The van der Waals surface area contributed by atoms with E-state index in [0.29, 0.717) is 12.8 Å². The van der Waals surface area contributed by atoms with Crippen LogP contribution in [0.2, 0.25) is 0 Å². The number of Topliss-reactive ketones (excluding diaryl/α,β-unsaturated/α-hetero) is 1. The molecule has 0 saturated heterocycles. The van der Waals surface area contributed by atoms with Crippen LogP contribution in [-0.2, 0) is 15.6 Å². The second kappa shape index (κ2) is 5.04. The highest BCUT2D eigenvalue weighted by atomic mass is 32.2. The van der Waals surface area contributed by atoms with Crippen LogP contribution in [0.5, 0.6) is 0 Å². The van der Waals surface area contributed by atoms with E-state index in [-0.39, 0.29) is 10.7 Å². The molecule has 17 heavy (non-hydrogen) atoms. The molecular weight excluding hydrogens is 246 g/mol. The summed E-state index contributed by atoms with van der Waals surface area (Å²) in [5, 5.41) is -0.561. The Hall–Kier alpha value is -1.10. The highest BCUT2D eigenvalue weighted by molar-refractivity contribution is 7.86. The molecule has 1 aromatic rings. The van der Waals surface area contributed by atoms with Crippen LogP contribution in [-0.4, -0.2) is 15.2 Å². The van der Waals surface area contributed by atoms with Crippen LogP contribution in [0, 0.1) is 11.6 Å². The number of ketones is 1. The maximum absolute atomic E-state index is 13.0. The van der Waals surface area contributed by atoms with Gasteiger partial charge >= 0.3 is 0 Å². The Kier molecular flexibility index (Phi) is 3.66. The minimum absolute atomic E-state index is 0.0423. The maximum Gasteiger partial charge on any atom is 0.160 e. The lowest BCUT2D eigenvalue weighted by atomic mass is 9.99. The molecule has 0 bridgehead atoms. The van der Waals surface area contributed by atoms with E-state index in [9.17, 15) is 17.8 Å². The van der Waals surface area contributed by atoms with E-state index in [0.717, 1.165) is 25.0 Å². The minimum Gasteiger partial charge on any atom is -0.298 e.